The highest BCUT2D eigenvalue weighted by Crippen LogP contribution is 2.38. The van der Waals surface area contributed by atoms with Crippen LogP contribution in [0.15, 0.2) is 0 Å². The average molecular weight is 260 g/mol. The second kappa shape index (κ2) is 4.65. The third-order valence-corrected chi connectivity index (χ3v) is 2.59. The van der Waals surface area contributed by atoms with Crippen molar-refractivity contribution in [2.75, 3.05) is 13.2 Å². The summed E-state index contributed by atoms with van der Waals surface area (Å²) in [6, 6.07) is 0. The summed E-state index contributed by atoms with van der Waals surface area (Å²) in [4.78, 5) is 16.8. The van der Waals surface area contributed by atoms with Gasteiger partial charge in [-0.25, -0.2) is 4.57 Å². The number of aliphatic hydroxyl groups excluding tert-OH is 3. The molecule has 0 radical (unpaired) electrons. The van der Waals surface area contributed by atoms with Crippen molar-refractivity contribution in [3.63, 3.8) is 0 Å². The fourth-order valence-electron chi connectivity index (χ4n) is 1.19. The summed E-state index contributed by atoms with van der Waals surface area (Å²) in [5.74, 6) is -2.47. The first kappa shape index (κ1) is 14.0. The van der Waals surface area contributed by atoms with Crippen LogP contribution in [0.25, 0.3) is 0 Å². The van der Waals surface area contributed by atoms with E-state index in [0.717, 1.165) is 0 Å². The van der Waals surface area contributed by atoms with E-state index < -0.39 is 45.1 Å². The molecular formula is C6H13O9P. The molecular weight excluding hydrogens is 247 g/mol. The molecule has 0 aromatic heterocycles. The third-order valence-electron chi connectivity index (χ3n) is 2.12. The number of phosphoric ester groups is 1. The summed E-state index contributed by atoms with van der Waals surface area (Å²) in [5, 5.41) is 37.2. The summed E-state index contributed by atoms with van der Waals surface area (Å²) >= 11 is 0. The minimum atomic E-state index is -4.83. The number of aliphatic hydroxyl groups is 4. The summed E-state index contributed by atoms with van der Waals surface area (Å²) in [7, 11) is -4.83. The van der Waals surface area contributed by atoms with E-state index in [0.29, 0.717) is 0 Å². The summed E-state index contributed by atoms with van der Waals surface area (Å²) in [6.45, 7) is -1.54. The van der Waals surface area contributed by atoms with Crippen LogP contribution in [0.3, 0.4) is 0 Å². The fourth-order valence-corrected chi connectivity index (χ4v) is 1.55. The van der Waals surface area contributed by atoms with Gasteiger partial charge in [0.1, 0.15) is 24.9 Å². The first-order valence-electron chi connectivity index (χ1n) is 4.26. The van der Waals surface area contributed by atoms with Crippen molar-refractivity contribution in [1.29, 1.82) is 0 Å². The van der Waals surface area contributed by atoms with Crippen LogP contribution in [0.1, 0.15) is 0 Å². The second-order valence-electron chi connectivity index (χ2n) is 3.42. The molecule has 96 valence electrons. The van der Waals surface area contributed by atoms with Gasteiger partial charge in [0, 0.05) is 0 Å². The van der Waals surface area contributed by atoms with E-state index in [1.807, 2.05) is 0 Å². The van der Waals surface area contributed by atoms with Crippen LogP contribution in [-0.4, -0.2) is 67.5 Å². The van der Waals surface area contributed by atoms with Crippen LogP contribution in [0.4, 0.5) is 0 Å². The van der Waals surface area contributed by atoms with E-state index in [-0.39, 0.29) is 0 Å². The summed E-state index contributed by atoms with van der Waals surface area (Å²) in [5.41, 5.74) is 0. The van der Waals surface area contributed by atoms with Gasteiger partial charge in [-0.3, -0.25) is 4.52 Å². The Hall–Kier alpha value is -0.0900. The topological polar surface area (TPSA) is 157 Å². The highest BCUT2D eigenvalue weighted by Gasteiger charge is 2.49. The largest absolute Gasteiger partial charge is 0.469 e. The Morgan fingerprint density at radius 3 is 2.44 bits per heavy atom. The lowest BCUT2D eigenvalue weighted by Crippen LogP contribution is -2.62. The minimum Gasteiger partial charge on any atom is -0.388 e. The maximum absolute atomic E-state index is 10.4. The monoisotopic (exact) mass is 260 g/mol. The Balaban J connectivity index is 2.66. The molecule has 0 spiro atoms. The van der Waals surface area contributed by atoms with Gasteiger partial charge in [0.15, 0.2) is 0 Å². The van der Waals surface area contributed by atoms with Crippen LogP contribution < -0.4 is 0 Å². The molecule has 1 rings (SSSR count). The van der Waals surface area contributed by atoms with Gasteiger partial charge < -0.3 is 34.9 Å². The standard InChI is InChI=1S/C6H13O9P/c7-3-1-14-6(10,5(9)4(3)8)2-15-16(11,12)13/h3-5,7-10H,1-2H2,(H2,11,12,13)/t3-,4-,5-,6-/m1/s1. The van der Waals surface area contributed by atoms with Gasteiger partial charge in [0.2, 0.25) is 5.79 Å². The lowest BCUT2D eigenvalue weighted by molar-refractivity contribution is -0.329. The zero-order chi connectivity index (χ0) is 12.6. The number of hydrogen-bond donors (Lipinski definition) is 6. The predicted octanol–water partition coefficient (Wildman–Crippen LogP) is -3.10. The van der Waals surface area contributed by atoms with Crippen LogP contribution in [-0.2, 0) is 13.8 Å². The van der Waals surface area contributed by atoms with Gasteiger partial charge in [-0.2, -0.15) is 0 Å². The van der Waals surface area contributed by atoms with Crippen molar-refractivity contribution >= 4 is 7.82 Å². The van der Waals surface area contributed by atoms with E-state index in [2.05, 4.69) is 9.26 Å². The lowest BCUT2D eigenvalue weighted by atomic mass is 9.98. The van der Waals surface area contributed by atoms with Crippen molar-refractivity contribution in [1.82, 2.24) is 0 Å². The molecule has 16 heavy (non-hydrogen) atoms. The molecule has 6 N–H and O–H groups in total. The molecule has 0 aromatic carbocycles. The Morgan fingerprint density at radius 1 is 1.38 bits per heavy atom. The predicted molar refractivity (Wildman–Crippen MR) is 46.9 cm³/mol. The van der Waals surface area contributed by atoms with Gasteiger partial charge in [-0.1, -0.05) is 0 Å². The molecule has 1 fully saturated rings. The Bertz CT molecular complexity index is 290. The molecule has 9 nitrogen and oxygen atoms in total. The quantitative estimate of drug-likeness (QED) is 0.289. The number of phosphoric acid groups is 1. The maximum Gasteiger partial charge on any atom is 0.469 e. The summed E-state index contributed by atoms with van der Waals surface area (Å²) in [6.07, 6.45) is -5.03. The van der Waals surface area contributed by atoms with E-state index in [1.54, 1.807) is 0 Å². The first-order chi connectivity index (χ1) is 7.16. The van der Waals surface area contributed by atoms with E-state index in [9.17, 15) is 19.9 Å². The Labute approximate surface area is 90.1 Å². The zero-order valence-corrected chi connectivity index (χ0v) is 8.90. The highest BCUT2D eigenvalue weighted by molar-refractivity contribution is 7.46. The van der Waals surface area contributed by atoms with Crippen molar-refractivity contribution in [2.45, 2.75) is 24.1 Å². The molecule has 1 saturated heterocycles. The molecule has 0 aromatic rings. The van der Waals surface area contributed by atoms with Gasteiger partial charge in [0.05, 0.1) is 6.61 Å². The van der Waals surface area contributed by atoms with Gasteiger partial charge >= 0.3 is 7.82 Å². The molecule has 0 saturated carbocycles. The smallest absolute Gasteiger partial charge is 0.388 e. The molecule has 0 unspecified atom stereocenters. The number of rotatable bonds is 3. The molecule has 1 aliphatic heterocycles. The minimum absolute atomic E-state index is 0.501. The summed E-state index contributed by atoms with van der Waals surface area (Å²) < 4.78 is 18.9. The molecule has 0 amide bonds. The van der Waals surface area contributed by atoms with Crippen molar-refractivity contribution in [2.24, 2.45) is 0 Å². The zero-order valence-electron chi connectivity index (χ0n) is 8.00. The van der Waals surface area contributed by atoms with Gasteiger partial charge in [0.25, 0.3) is 0 Å². The molecule has 4 atom stereocenters. The van der Waals surface area contributed by atoms with E-state index >= 15 is 0 Å². The second-order valence-corrected chi connectivity index (χ2v) is 4.66. The number of hydrogen-bond acceptors (Lipinski definition) is 7. The molecule has 0 bridgehead atoms. The normalized spacial score (nSPS) is 41.0. The van der Waals surface area contributed by atoms with Crippen LogP contribution in [0.5, 0.6) is 0 Å². The van der Waals surface area contributed by atoms with Crippen LogP contribution in [0.2, 0.25) is 0 Å². The molecule has 1 aliphatic rings. The molecule has 10 heteroatoms. The van der Waals surface area contributed by atoms with Crippen molar-refractivity contribution in [3.8, 4) is 0 Å². The third kappa shape index (κ3) is 3.20. The van der Waals surface area contributed by atoms with Gasteiger partial charge in [-0.05, 0) is 0 Å². The van der Waals surface area contributed by atoms with Crippen molar-refractivity contribution < 1.29 is 44.0 Å². The lowest BCUT2D eigenvalue weighted by Gasteiger charge is -2.41. The van der Waals surface area contributed by atoms with E-state index in [1.165, 1.54) is 0 Å². The van der Waals surface area contributed by atoms with Crippen LogP contribution >= 0.6 is 7.82 Å². The molecule has 0 aliphatic carbocycles. The maximum atomic E-state index is 10.4. The van der Waals surface area contributed by atoms with Crippen LogP contribution in [0, 0.1) is 0 Å². The highest BCUT2D eigenvalue weighted by atomic mass is 31.2. The van der Waals surface area contributed by atoms with Gasteiger partial charge in [-0.15, -0.1) is 0 Å². The Morgan fingerprint density at radius 2 is 1.94 bits per heavy atom. The average Bonchev–Trinajstić information content (AvgIpc) is 2.18. The fraction of sp³-hybridized carbons (Fsp3) is 1.00. The Kier molecular flexibility index (Phi) is 4.06. The van der Waals surface area contributed by atoms with E-state index in [4.69, 9.17) is 14.9 Å². The molecule has 1 heterocycles. The van der Waals surface area contributed by atoms with Crippen molar-refractivity contribution in [3.05, 3.63) is 0 Å². The first-order valence-corrected chi connectivity index (χ1v) is 5.79. The SMILES string of the molecule is O=P(O)(O)OC[C@@]1(O)OC[C@@H](O)[C@@H](O)[C@H]1O. The number of ether oxygens (including phenoxy) is 1.